The smallest absolute Gasteiger partial charge is 0.357 e. The summed E-state index contributed by atoms with van der Waals surface area (Å²) in [6.45, 7) is 1.72. The molecule has 1 saturated carbocycles. The second kappa shape index (κ2) is 6.99. The molecule has 2 aromatic rings. The predicted octanol–water partition coefficient (Wildman–Crippen LogP) is 3.30. The number of fused-ring (bicyclic) bond motifs is 1. The van der Waals surface area contributed by atoms with E-state index < -0.39 is 11.9 Å². The third-order valence-corrected chi connectivity index (χ3v) is 6.53. The van der Waals surface area contributed by atoms with Crippen LogP contribution in [0.4, 0.5) is 13.2 Å². The average Bonchev–Trinajstić information content (AvgIpc) is 3.35. The van der Waals surface area contributed by atoms with E-state index in [-0.39, 0.29) is 23.7 Å². The summed E-state index contributed by atoms with van der Waals surface area (Å²) in [6, 6.07) is 4.43. The van der Waals surface area contributed by atoms with Crippen LogP contribution in [-0.2, 0) is 15.8 Å². The second-order valence-electron chi connectivity index (χ2n) is 8.63. The summed E-state index contributed by atoms with van der Waals surface area (Å²) in [6.07, 6.45) is -0.600. The number of hydrogen-bond acceptors (Lipinski definition) is 3. The molecule has 0 unspecified atom stereocenters. The number of piperidine rings is 1. The minimum atomic E-state index is -4.46. The summed E-state index contributed by atoms with van der Waals surface area (Å²) in [5.74, 6) is 0.0473. The number of amides is 2. The van der Waals surface area contributed by atoms with Crippen LogP contribution >= 0.6 is 0 Å². The molecule has 0 radical (unpaired) electrons. The SMILES string of the molecule is O=C([C@@H]1CC(=O)N(C2CC2)C1)N1CCC(c2cc3nc(C(F)(F)F)ccc3[nH]2)CC1. The maximum absolute atomic E-state index is 12.9. The van der Waals surface area contributed by atoms with Gasteiger partial charge < -0.3 is 14.8 Å². The number of aromatic nitrogens is 2. The number of likely N-dealkylation sites (tertiary alicyclic amines) is 2. The molecular formula is C21H23F3N4O2. The number of aromatic amines is 1. The first-order chi connectivity index (χ1) is 14.3. The summed E-state index contributed by atoms with van der Waals surface area (Å²) < 4.78 is 38.7. The van der Waals surface area contributed by atoms with Gasteiger partial charge in [0.25, 0.3) is 0 Å². The number of H-pyrrole nitrogens is 1. The Morgan fingerprint density at radius 2 is 1.87 bits per heavy atom. The largest absolute Gasteiger partial charge is 0.433 e. The fraction of sp³-hybridized carbons (Fsp3) is 0.571. The van der Waals surface area contributed by atoms with E-state index in [1.807, 2.05) is 9.80 Å². The highest BCUT2D eigenvalue weighted by Crippen LogP contribution is 2.35. The molecule has 1 N–H and O–H groups in total. The van der Waals surface area contributed by atoms with Crippen molar-refractivity contribution in [2.45, 2.75) is 50.2 Å². The van der Waals surface area contributed by atoms with Gasteiger partial charge in [-0.05, 0) is 43.9 Å². The third-order valence-electron chi connectivity index (χ3n) is 6.53. The van der Waals surface area contributed by atoms with Crippen LogP contribution in [0.25, 0.3) is 11.0 Å². The molecule has 9 heteroatoms. The standard InChI is InChI=1S/C21H23F3N4O2/c22-21(23,24)18-4-3-15-17(26-18)10-16(25-15)12-5-7-27(8-6-12)20(30)13-9-19(29)28(11-13)14-1-2-14/h3-4,10,12-14,25H,1-2,5-9,11H2/t13-/m1/s1. The number of carbonyl (C=O) groups is 2. The number of alkyl halides is 3. The molecule has 5 rings (SSSR count). The molecule has 0 bridgehead atoms. The molecule has 1 atom stereocenters. The minimum absolute atomic E-state index is 0.0538. The van der Waals surface area contributed by atoms with Crippen molar-refractivity contribution in [1.82, 2.24) is 19.8 Å². The predicted molar refractivity (Wildman–Crippen MR) is 102 cm³/mol. The summed E-state index contributed by atoms with van der Waals surface area (Å²) in [5, 5.41) is 0. The van der Waals surface area contributed by atoms with Crippen LogP contribution in [0.1, 0.15) is 49.4 Å². The average molecular weight is 420 g/mol. The highest BCUT2D eigenvalue weighted by atomic mass is 19.4. The van der Waals surface area contributed by atoms with E-state index in [2.05, 4.69) is 9.97 Å². The van der Waals surface area contributed by atoms with Crippen molar-refractivity contribution in [3.05, 3.63) is 29.6 Å². The highest BCUT2D eigenvalue weighted by Gasteiger charge is 2.43. The molecule has 0 spiro atoms. The van der Waals surface area contributed by atoms with Gasteiger partial charge in [0.1, 0.15) is 5.69 Å². The molecule has 4 heterocycles. The zero-order chi connectivity index (χ0) is 21.0. The van der Waals surface area contributed by atoms with Crippen molar-refractivity contribution in [2.75, 3.05) is 19.6 Å². The summed E-state index contributed by atoms with van der Waals surface area (Å²) in [5.41, 5.74) is 0.858. The van der Waals surface area contributed by atoms with Crippen LogP contribution in [0, 0.1) is 5.92 Å². The van der Waals surface area contributed by atoms with E-state index in [1.165, 1.54) is 6.07 Å². The molecule has 6 nitrogen and oxygen atoms in total. The molecule has 3 aliphatic rings. The van der Waals surface area contributed by atoms with E-state index in [1.54, 1.807) is 6.07 Å². The van der Waals surface area contributed by atoms with Crippen LogP contribution in [0.2, 0.25) is 0 Å². The van der Waals surface area contributed by atoms with Crippen molar-refractivity contribution in [1.29, 1.82) is 0 Å². The maximum atomic E-state index is 12.9. The van der Waals surface area contributed by atoms with E-state index in [0.29, 0.717) is 43.1 Å². The van der Waals surface area contributed by atoms with Gasteiger partial charge in [0.2, 0.25) is 11.8 Å². The molecule has 2 saturated heterocycles. The lowest BCUT2D eigenvalue weighted by atomic mass is 9.92. The lowest BCUT2D eigenvalue weighted by molar-refractivity contribution is -0.141. The van der Waals surface area contributed by atoms with Crippen LogP contribution in [0.3, 0.4) is 0 Å². The van der Waals surface area contributed by atoms with Crippen LogP contribution in [0.5, 0.6) is 0 Å². The number of nitrogens with zero attached hydrogens (tertiary/aromatic N) is 3. The van der Waals surface area contributed by atoms with Crippen LogP contribution < -0.4 is 0 Å². The summed E-state index contributed by atoms with van der Waals surface area (Å²) in [4.78, 5) is 35.6. The Hall–Kier alpha value is -2.58. The van der Waals surface area contributed by atoms with E-state index in [4.69, 9.17) is 0 Å². The topological polar surface area (TPSA) is 69.3 Å². The third kappa shape index (κ3) is 3.54. The molecule has 2 aromatic heterocycles. The number of halogens is 3. The minimum Gasteiger partial charge on any atom is -0.357 e. The number of carbonyl (C=O) groups excluding carboxylic acids is 2. The first kappa shape index (κ1) is 19.4. The number of nitrogens with one attached hydrogen (secondary N) is 1. The van der Waals surface area contributed by atoms with Crippen molar-refractivity contribution in [2.24, 2.45) is 5.92 Å². The quantitative estimate of drug-likeness (QED) is 0.829. The number of rotatable bonds is 3. The Kier molecular flexibility index (Phi) is 4.52. The molecule has 0 aromatic carbocycles. The van der Waals surface area contributed by atoms with Gasteiger partial charge in [-0.2, -0.15) is 13.2 Å². The lowest BCUT2D eigenvalue weighted by Gasteiger charge is -2.33. The first-order valence-corrected chi connectivity index (χ1v) is 10.4. The zero-order valence-electron chi connectivity index (χ0n) is 16.4. The Balaban J connectivity index is 1.22. The van der Waals surface area contributed by atoms with E-state index in [0.717, 1.165) is 37.4 Å². The molecule has 160 valence electrons. The van der Waals surface area contributed by atoms with Gasteiger partial charge in [-0.15, -0.1) is 0 Å². The van der Waals surface area contributed by atoms with Crippen molar-refractivity contribution in [3.8, 4) is 0 Å². The van der Waals surface area contributed by atoms with Gasteiger partial charge in [-0.1, -0.05) is 0 Å². The van der Waals surface area contributed by atoms with Crippen molar-refractivity contribution < 1.29 is 22.8 Å². The summed E-state index contributed by atoms with van der Waals surface area (Å²) >= 11 is 0. The van der Waals surface area contributed by atoms with Gasteiger partial charge in [-0.3, -0.25) is 9.59 Å². The lowest BCUT2D eigenvalue weighted by Crippen LogP contribution is -2.42. The molecule has 30 heavy (non-hydrogen) atoms. The van der Waals surface area contributed by atoms with Crippen molar-refractivity contribution >= 4 is 22.8 Å². The van der Waals surface area contributed by atoms with E-state index >= 15 is 0 Å². The number of hydrogen-bond donors (Lipinski definition) is 1. The fourth-order valence-electron chi connectivity index (χ4n) is 4.71. The molecule has 1 aliphatic carbocycles. The molecular weight excluding hydrogens is 397 g/mol. The van der Waals surface area contributed by atoms with Crippen LogP contribution in [-0.4, -0.2) is 57.3 Å². The second-order valence-corrected chi connectivity index (χ2v) is 8.63. The maximum Gasteiger partial charge on any atom is 0.433 e. The zero-order valence-corrected chi connectivity index (χ0v) is 16.4. The Bertz CT molecular complexity index is 990. The first-order valence-electron chi connectivity index (χ1n) is 10.4. The van der Waals surface area contributed by atoms with Gasteiger partial charge in [0.05, 0.1) is 17.0 Å². The Labute approximate surface area is 171 Å². The van der Waals surface area contributed by atoms with Gasteiger partial charge in [-0.25, -0.2) is 4.98 Å². The summed E-state index contributed by atoms with van der Waals surface area (Å²) in [7, 11) is 0. The molecule has 2 amide bonds. The van der Waals surface area contributed by atoms with Gasteiger partial charge in [0.15, 0.2) is 0 Å². The van der Waals surface area contributed by atoms with Crippen LogP contribution in [0.15, 0.2) is 18.2 Å². The van der Waals surface area contributed by atoms with E-state index in [9.17, 15) is 22.8 Å². The van der Waals surface area contributed by atoms with Crippen molar-refractivity contribution in [3.63, 3.8) is 0 Å². The monoisotopic (exact) mass is 420 g/mol. The number of pyridine rings is 1. The highest BCUT2D eigenvalue weighted by molar-refractivity contribution is 5.89. The van der Waals surface area contributed by atoms with Gasteiger partial charge in [0, 0.05) is 43.7 Å². The Morgan fingerprint density at radius 3 is 2.53 bits per heavy atom. The van der Waals surface area contributed by atoms with Gasteiger partial charge >= 0.3 is 6.18 Å². The Morgan fingerprint density at radius 1 is 1.13 bits per heavy atom. The normalized spacial score (nSPS) is 23.6. The molecule has 2 aliphatic heterocycles. The molecule has 3 fully saturated rings. The fourth-order valence-corrected chi connectivity index (χ4v) is 4.71.